The fourth-order valence-corrected chi connectivity index (χ4v) is 3.76. The third kappa shape index (κ3) is 1.49. The van der Waals surface area contributed by atoms with Gasteiger partial charge in [0.25, 0.3) is 0 Å². The lowest BCUT2D eigenvalue weighted by Gasteiger charge is -2.41. The fraction of sp³-hybridized carbons (Fsp3) is 1.00. The summed E-state index contributed by atoms with van der Waals surface area (Å²) in [7, 11) is 0. The molecule has 0 heterocycles. The molecule has 0 radical (unpaired) electrons. The Balaban J connectivity index is 2.16. The maximum absolute atomic E-state index is 10.0. The number of hydrogen-bond donors (Lipinski definition) is 2. The highest BCUT2D eigenvalue weighted by molar-refractivity contribution is 4.97. The van der Waals surface area contributed by atoms with Crippen LogP contribution in [0.15, 0.2) is 0 Å². The largest absolute Gasteiger partial charge is 0.390 e. The van der Waals surface area contributed by atoms with E-state index < -0.39 is 12.2 Å². The van der Waals surface area contributed by atoms with Crippen LogP contribution in [0.1, 0.15) is 39.5 Å². The number of fused-ring (bicyclic) bond motifs is 1. The number of aliphatic hydroxyl groups is 2. The molecule has 0 aromatic carbocycles. The Morgan fingerprint density at radius 2 is 1.93 bits per heavy atom. The van der Waals surface area contributed by atoms with E-state index in [4.69, 9.17) is 0 Å². The van der Waals surface area contributed by atoms with Gasteiger partial charge in [0, 0.05) is 0 Å². The molecule has 2 aliphatic rings. The summed E-state index contributed by atoms with van der Waals surface area (Å²) in [4.78, 5) is 0. The molecule has 2 heteroatoms. The molecule has 2 N–H and O–H groups in total. The SMILES string of the molecule is CCC1CCC2C(C)CC(O)C(O)C12. The second-order valence-corrected chi connectivity index (χ2v) is 5.26. The highest BCUT2D eigenvalue weighted by Gasteiger charge is 2.47. The Labute approximate surface area is 86.3 Å². The van der Waals surface area contributed by atoms with Gasteiger partial charge >= 0.3 is 0 Å². The van der Waals surface area contributed by atoms with Crippen molar-refractivity contribution in [2.45, 2.75) is 51.7 Å². The van der Waals surface area contributed by atoms with Crippen molar-refractivity contribution in [3.8, 4) is 0 Å². The van der Waals surface area contributed by atoms with E-state index >= 15 is 0 Å². The van der Waals surface area contributed by atoms with Gasteiger partial charge < -0.3 is 10.2 Å². The van der Waals surface area contributed by atoms with Gasteiger partial charge in [0.1, 0.15) is 0 Å². The molecule has 0 spiro atoms. The summed E-state index contributed by atoms with van der Waals surface area (Å²) in [5, 5.41) is 19.8. The molecule has 14 heavy (non-hydrogen) atoms. The Hall–Kier alpha value is -0.0800. The summed E-state index contributed by atoms with van der Waals surface area (Å²) in [5.41, 5.74) is 0. The Kier molecular flexibility index (Phi) is 2.85. The van der Waals surface area contributed by atoms with Crippen molar-refractivity contribution in [3.05, 3.63) is 0 Å². The first-order chi connectivity index (χ1) is 6.65. The smallest absolute Gasteiger partial charge is 0.0832 e. The molecule has 0 aromatic rings. The van der Waals surface area contributed by atoms with E-state index in [1.165, 1.54) is 12.8 Å². The molecule has 2 fully saturated rings. The van der Waals surface area contributed by atoms with E-state index in [0.29, 0.717) is 23.7 Å². The van der Waals surface area contributed by atoms with Crippen LogP contribution < -0.4 is 0 Å². The standard InChI is InChI=1S/C12H22O2/c1-3-8-4-5-9-7(2)6-10(13)12(14)11(8)9/h7-14H,3-6H2,1-2H3. The first-order valence-electron chi connectivity index (χ1n) is 6.01. The summed E-state index contributed by atoms with van der Waals surface area (Å²) in [6.07, 6.45) is 3.52. The number of rotatable bonds is 1. The molecule has 0 aromatic heterocycles. The zero-order valence-corrected chi connectivity index (χ0v) is 9.19. The van der Waals surface area contributed by atoms with Gasteiger partial charge in [0.15, 0.2) is 0 Å². The second kappa shape index (κ2) is 3.82. The highest BCUT2D eigenvalue weighted by atomic mass is 16.3. The highest BCUT2D eigenvalue weighted by Crippen LogP contribution is 2.49. The topological polar surface area (TPSA) is 40.5 Å². The van der Waals surface area contributed by atoms with Crippen molar-refractivity contribution < 1.29 is 10.2 Å². The van der Waals surface area contributed by atoms with Gasteiger partial charge in [-0.1, -0.05) is 20.3 Å². The molecule has 0 bridgehead atoms. The first kappa shape index (κ1) is 10.4. The van der Waals surface area contributed by atoms with Crippen LogP contribution in [0, 0.1) is 23.7 Å². The van der Waals surface area contributed by atoms with Gasteiger partial charge in [-0.3, -0.25) is 0 Å². The van der Waals surface area contributed by atoms with Crippen LogP contribution >= 0.6 is 0 Å². The zero-order chi connectivity index (χ0) is 10.3. The number of aliphatic hydroxyl groups excluding tert-OH is 2. The average Bonchev–Trinajstić information content (AvgIpc) is 2.58. The van der Waals surface area contributed by atoms with E-state index in [0.717, 1.165) is 12.8 Å². The quantitative estimate of drug-likeness (QED) is 0.674. The minimum Gasteiger partial charge on any atom is -0.390 e. The van der Waals surface area contributed by atoms with Crippen LogP contribution in [-0.2, 0) is 0 Å². The van der Waals surface area contributed by atoms with E-state index in [2.05, 4.69) is 13.8 Å². The lowest BCUT2D eigenvalue weighted by Crippen LogP contribution is -2.45. The molecule has 0 saturated heterocycles. The molecular formula is C12H22O2. The van der Waals surface area contributed by atoms with E-state index in [1.54, 1.807) is 0 Å². The van der Waals surface area contributed by atoms with Gasteiger partial charge in [0.2, 0.25) is 0 Å². The van der Waals surface area contributed by atoms with Gasteiger partial charge in [0.05, 0.1) is 12.2 Å². The fourth-order valence-electron chi connectivity index (χ4n) is 3.76. The zero-order valence-electron chi connectivity index (χ0n) is 9.19. The Bertz CT molecular complexity index is 204. The summed E-state index contributed by atoms with van der Waals surface area (Å²) in [6.45, 7) is 4.43. The molecule has 2 rings (SSSR count). The van der Waals surface area contributed by atoms with Crippen LogP contribution in [-0.4, -0.2) is 22.4 Å². The van der Waals surface area contributed by atoms with Crippen LogP contribution in [0.25, 0.3) is 0 Å². The van der Waals surface area contributed by atoms with E-state index in [-0.39, 0.29) is 0 Å². The van der Waals surface area contributed by atoms with Crippen molar-refractivity contribution in [2.75, 3.05) is 0 Å². The molecule has 82 valence electrons. The van der Waals surface area contributed by atoms with E-state index in [1.807, 2.05) is 0 Å². The first-order valence-corrected chi connectivity index (χ1v) is 6.01. The lowest BCUT2D eigenvalue weighted by atomic mass is 9.69. The second-order valence-electron chi connectivity index (χ2n) is 5.26. The maximum Gasteiger partial charge on any atom is 0.0832 e. The monoisotopic (exact) mass is 198 g/mol. The van der Waals surface area contributed by atoms with Crippen LogP contribution in [0.3, 0.4) is 0 Å². The predicted molar refractivity (Wildman–Crippen MR) is 55.8 cm³/mol. The molecule has 6 atom stereocenters. The van der Waals surface area contributed by atoms with Gasteiger partial charge in [-0.05, 0) is 42.9 Å². The summed E-state index contributed by atoms with van der Waals surface area (Å²) >= 11 is 0. The molecule has 2 aliphatic carbocycles. The maximum atomic E-state index is 10.0. The third-order valence-corrected chi connectivity index (χ3v) is 4.57. The minimum atomic E-state index is -0.474. The molecule has 6 unspecified atom stereocenters. The summed E-state index contributed by atoms with van der Waals surface area (Å²) in [6, 6.07) is 0. The Morgan fingerprint density at radius 1 is 1.21 bits per heavy atom. The molecular weight excluding hydrogens is 176 g/mol. The molecule has 2 saturated carbocycles. The predicted octanol–water partition coefficient (Wildman–Crippen LogP) is 1.80. The normalized spacial score (nSPS) is 53.1. The lowest BCUT2D eigenvalue weighted by molar-refractivity contribution is -0.0888. The Morgan fingerprint density at radius 3 is 2.57 bits per heavy atom. The molecule has 0 amide bonds. The van der Waals surface area contributed by atoms with Crippen molar-refractivity contribution in [1.29, 1.82) is 0 Å². The van der Waals surface area contributed by atoms with Crippen LogP contribution in [0.2, 0.25) is 0 Å². The third-order valence-electron chi connectivity index (χ3n) is 4.57. The molecule has 2 nitrogen and oxygen atoms in total. The minimum absolute atomic E-state index is 0.374. The summed E-state index contributed by atoms with van der Waals surface area (Å²) in [5.74, 6) is 2.28. The van der Waals surface area contributed by atoms with Gasteiger partial charge in [-0.2, -0.15) is 0 Å². The van der Waals surface area contributed by atoms with Crippen LogP contribution in [0.5, 0.6) is 0 Å². The molecule has 0 aliphatic heterocycles. The van der Waals surface area contributed by atoms with Gasteiger partial charge in [-0.25, -0.2) is 0 Å². The average molecular weight is 198 g/mol. The van der Waals surface area contributed by atoms with Crippen LogP contribution in [0.4, 0.5) is 0 Å². The van der Waals surface area contributed by atoms with Crippen molar-refractivity contribution in [1.82, 2.24) is 0 Å². The van der Waals surface area contributed by atoms with Crippen molar-refractivity contribution >= 4 is 0 Å². The summed E-state index contributed by atoms with van der Waals surface area (Å²) < 4.78 is 0. The van der Waals surface area contributed by atoms with E-state index in [9.17, 15) is 10.2 Å². The van der Waals surface area contributed by atoms with Crippen molar-refractivity contribution in [3.63, 3.8) is 0 Å². The number of hydrogen-bond acceptors (Lipinski definition) is 2. The van der Waals surface area contributed by atoms with Crippen molar-refractivity contribution in [2.24, 2.45) is 23.7 Å². The van der Waals surface area contributed by atoms with Gasteiger partial charge in [-0.15, -0.1) is 0 Å².